The van der Waals surface area contributed by atoms with Gasteiger partial charge in [-0.25, -0.2) is 0 Å². The molecule has 0 radical (unpaired) electrons. The summed E-state index contributed by atoms with van der Waals surface area (Å²) in [7, 11) is 3.30. The number of rotatable bonds is 8. The fourth-order valence-corrected chi connectivity index (χ4v) is 3.45. The summed E-state index contributed by atoms with van der Waals surface area (Å²) in [5.74, 6) is 2.54. The van der Waals surface area contributed by atoms with E-state index < -0.39 is 0 Å². The van der Waals surface area contributed by atoms with Crippen LogP contribution in [0.15, 0.2) is 48.5 Å². The van der Waals surface area contributed by atoms with Crippen LogP contribution >= 0.6 is 12.4 Å². The second-order valence-electron chi connectivity index (χ2n) is 6.68. The summed E-state index contributed by atoms with van der Waals surface area (Å²) in [5, 5.41) is 3.38. The summed E-state index contributed by atoms with van der Waals surface area (Å²) < 4.78 is 16.4. The normalized spacial score (nSPS) is 15.9. The first-order valence-corrected chi connectivity index (χ1v) is 9.63. The summed E-state index contributed by atoms with van der Waals surface area (Å²) in [4.78, 5) is 14.8. The quantitative estimate of drug-likeness (QED) is 0.663. The van der Waals surface area contributed by atoms with E-state index in [9.17, 15) is 4.79 Å². The topological polar surface area (TPSA) is 60.0 Å². The van der Waals surface area contributed by atoms with Crippen LogP contribution in [0.2, 0.25) is 0 Å². The minimum Gasteiger partial charge on any atom is -0.497 e. The summed E-state index contributed by atoms with van der Waals surface area (Å²) >= 11 is 0. The fraction of sp³-hybridized carbons (Fsp3) is 0.409. The smallest absolute Gasteiger partial charge is 0.223 e. The SMILES string of the molecule is COc1ccc(OCCCC(=O)N2CCNCC2c2ccccc2OC)cc1.Cl. The van der Waals surface area contributed by atoms with Crippen molar-refractivity contribution in [3.05, 3.63) is 54.1 Å². The van der Waals surface area contributed by atoms with Crippen LogP contribution < -0.4 is 19.5 Å². The molecule has 0 spiro atoms. The number of nitrogens with zero attached hydrogens (tertiary/aromatic N) is 1. The van der Waals surface area contributed by atoms with Crippen molar-refractivity contribution in [2.45, 2.75) is 18.9 Å². The van der Waals surface area contributed by atoms with Gasteiger partial charge in [0.1, 0.15) is 17.2 Å². The van der Waals surface area contributed by atoms with Gasteiger partial charge in [0.2, 0.25) is 5.91 Å². The molecule has 2 aromatic carbocycles. The van der Waals surface area contributed by atoms with Gasteiger partial charge in [0.25, 0.3) is 0 Å². The van der Waals surface area contributed by atoms with Crippen molar-refractivity contribution >= 4 is 18.3 Å². The second kappa shape index (κ2) is 11.5. The largest absolute Gasteiger partial charge is 0.497 e. The van der Waals surface area contributed by atoms with Crippen LogP contribution in [-0.2, 0) is 4.79 Å². The number of hydrogen-bond donors (Lipinski definition) is 1. The van der Waals surface area contributed by atoms with E-state index in [-0.39, 0.29) is 24.4 Å². The highest BCUT2D eigenvalue weighted by atomic mass is 35.5. The first-order chi connectivity index (χ1) is 13.7. The molecule has 1 aliphatic heterocycles. The lowest BCUT2D eigenvalue weighted by atomic mass is 10.0. The first kappa shape index (κ1) is 22.8. The second-order valence-corrected chi connectivity index (χ2v) is 6.68. The molecule has 0 aromatic heterocycles. The predicted molar refractivity (Wildman–Crippen MR) is 115 cm³/mol. The minimum absolute atomic E-state index is 0. The highest BCUT2D eigenvalue weighted by molar-refractivity contribution is 5.85. The minimum atomic E-state index is -0.0140. The van der Waals surface area contributed by atoms with Crippen LogP contribution in [0.5, 0.6) is 17.2 Å². The van der Waals surface area contributed by atoms with E-state index in [1.165, 1.54) is 0 Å². The molecule has 1 amide bonds. The maximum absolute atomic E-state index is 12.9. The Balaban J connectivity index is 0.00000300. The van der Waals surface area contributed by atoms with E-state index in [2.05, 4.69) is 5.32 Å². The van der Waals surface area contributed by atoms with Crippen molar-refractivity contribution in [1.82, 2.24) is 10.2 Å². The van der Waals surface area contributed by atoms with Gasteiger partial charge in [-0.15, -0.1) is 12.4 Å². The summed E-state index contributed by atoms with van der Waals surface area (Å²) in [6, 6.07) is 15.3. The van der Waals surface area contributed by atoms with Crippen molar-refractivity contribution in [3.8, 4) is 17.2 Å². The zero-order chi connectivity index (χ0) is 19.8. The molecular weight excluding hydrogens is 392 g/mol. The Hall–Kier alpha value is -2.44. The van der Waals surface area contributed by atoms with E-state index in [4.69, 9.17) is 14.2 Å². The molecule has 3 rings (SSSR count). The molecule has 6 nitrogen and oxygen atoms in total. The van der Waals surface area contributed by atoms with Gasteiger partial charge in [-0.3, -0.25) is 4.79 Å². The predicted octanol–water partition coefficient (Wildman–Crippen LogP) is 3.46. The third-order valence-corrected chi connectivity index (χ3v) is 4.92. The number of amides is 1. The molecule has 1 fully saturated rings. The van der Waals surface area contributed by atoms with Crippen molar-refractivity contribution in [2.75, 3.05) is 40.5 Å². The average Bonchev–Trinajstić information content (AvgIpc) is 2.77. The van der Waals surface area contributed by atoms with Crippen molar-refractivity contribution in [1.29, 1.82) is 0 Å². The number of piperazine rings is 1. The highest BCUT2D eigenvalue weighted by Gasteiger charge is 2.29. The molecule has 1 saturated heterocycles. The zero-order valence-corrected chi connectivity index (χ0v) is 17.7. The van der Waals surface area contributed by atoms with E-state index in [0.717, 1.165) is 35.9 Å². The van der Waals surface area contributed by atoms with Gasteiger partial charge >= 0.3 is 0 Å². The van der Waals surface area contributed by atoms with Gasteiger partial charge in [-0.1, -0.05) is 18.2 Å². The first-order valence-electron chi connectivity index (χ1n) is 9.63. The standard InChI is InChI=1S/C22H28N2O4.ClH/c1-26-17-9-11-18(12-10-17)28-15-5-8-22(25)24-14-13-23-16-20(24)19-6-3-4-7-21(19)27-2;/h3-4,6-7,9-12,20,23H,5,8,13-16H2,1-2H3;1H. The number of methoxy groups -OCH3 is 2. The third-order valence-electron chi connectivity index (χ3n) is 4.92. The molecular formula is C22H29ClN2O4. The summed E-state index contributed by atoms with van der Waals surface area (Å²) in [6.45, 7) is 2.73. The Morgan fingerprint density at radius 1 is 1.07 bits per heavy atom. The van der Waals surface area contributed by atoms with Gasteiger partial charge in [0.05, 0.1) is 26.9 Å². The van der Waals surface area contributed by atoms with E-state index in [1.54, 1.807) is 14.2 Å². The van der Waals surface area contributed by atoms with Gasteiger partial charge < -0.3 is 24.4 Å². The number of halogens is 1. The Bertz CT molecular complexity index is 770. The molecule has 1 aliphatic rings. The number of carbonyl (C=O) groups excluding carboxylic acids is 1. The van der Waals surface area contributed by atoms with Crippen LogP contribution in [0.1, 0.15) is 24.4 Å². The molecule has 2 aromatic rings. The Morgan fingerprint density at radius 2 is 1.79 bits per heavy atom. The molecule has 158 valence electrons. The van der Waals surface area contributed by atoms with Crippen LogP contribution in [0.3, 0.4) is 0 Å². The molecule has 1 atom stereocenters. The van der Waals surface area contributed by atoms with Crippen molar-refractivity contribution in [3.63, 3.8) is 0 Å². The lowest BCUT2D eigenvalue weighted by Gasteiger charge is -2.37. The monoisotopic (exact) mass is 420 g/mol. The van der Waals surface area contributed by atoms with Gasteiger partial charge in [-0.2, -0.15) is 0 Å². The van der Waals surface area contributed by atoms with Crippen LogP contribution in [-0.4, -0.2) is 51.3 Å². The van der Waals surface area contributed by atoms with Gasteiger partial charge in [-0.05, 0) is 36.8 Å². The maximum Gasteiger partial charge on any atom is 0.223 e. The number of ether oxygens (including phenoxy) is 3. The molecule has 1 unspecified atom stereocenters. The lowest BCUT2D eigenvalue weighted by Crippen LogP contribution is -2.48. The maximum atomic E-state index is 12.9. The Kier molecular flexibility index (Phi) is 9.09. The number of benzene rings is 2. The van der Waals surface area contributed by atoms with E-state index in [0.29, 0.717) is 26.0 Å². The highest BCUT2D eigenvalue weighted by Crippen LogP contribution is 2.30. The molecule has 0 aliphatic carbocycles. The Morgan fingerprint density at radius 3 is 2.52 bits per heavy atom. The Labute approximate surface area is 178 Å². The number of para-hydroxylation sites is 1. The number of nitrogens with one attached hydrogen (secondary N) is 1. The van der Waals surface area contributed by atoms with Crippen molar-refractivity contribution in [2.24, 2.45) is 0 Å². The molecule has 0 saturated carbocycles. The van der Waals surface area contributed by atoms with Crippen LogP contribution in [0, 0.1) is 0 Å². The third kappa shape index (κ3) is 6.02. The summed E-state index contributed by atoms with van der Waals surface area (Å²) in [5.41, 5.74) is 1.04. The van der Waals surface area contributed by atoms with Crippen LogP contribution in [0.25, 0.3) is 0 Å². The lowest BCUT2D eigenvalue weighted by molar-refractivity contribution is -0.134. The molecule has 29 heavy (non-hydrogen) atoms. The van der Waals surface area contributed by atoms with E-state index in [1.807, 2.05) is 53.4 Å². The van der Waals surface area contributed by atoms with Gasteiger partial charge in [0, 0.05) is 31.6 Å². The molecule has 0 bridgehead atoms. The molecule has 7 heteroatoms. The number of carbonyl (C=O) groups is 1. The number of hydrogen-bond acceptors (Lipinski definition) is 5. The van der Waals surface area contributed by atoms with Crippen LogP contribution in [0.4, 0.5) is 0 Å². The molecule has 1 heterocycles. The van der Waals surface area contributed by atoms with Gasteiger partial charge in [0.15, 0.2) is 0 Å². The summed E-state index contributed by atoms with van der Waals surface area (Å²) in [6.07, 6.45) is 1.13. The fourth-order valence-electron chi connectivity index (χ4n) is 3.45. The van der Waals surface area contributed by atoms with Crippen molar-refractivity contribution < 1.29 is 19.0 Å². The van der Waals surface area contributed by atoms with E-state index >= 15 is 0 Å². The zero-order valence-electron chi connectivity index (χ0n) is 16.9. The average molecular weight is 421 g/mol. The molecule has 1 N–H and O–H groups in total.